The zero-order chi connectivity index (χ0) is 17.3. The third kappa shape index (κ3) is 10.6. The molecule has 0 bridgehead atoms. The van der Waals surface area contributed by atoms with Crippen LogP contribution in [-0.2, 0) is 23.9 Å². The van der Waals surface area contributed by atoms with Gasteiger partial charge in [-0.15, -0.1) is 0 Å². The van der Waals surface area contributed by atoms with E-state index in [4.69, 9.17) is 14.9 Å². The van der Waals surface area contributed by atoms with E-state index in [-0.39, 0.29) is 32.1 Å². The van der Waals surface area contributed by atoms with E-state index in [0.29, 0.717) is 0 Å². The van der Waals surface area contributed by atoms with Gasteiger partial charge in [0, 0.05) is 19.3 Å². The number of rotatable bonds is 9. The van der Waals surface area contributed by atoms with Crippen LogP contribution in [0.5, 0.6) is 0 Å². The molecule has 1 atom stereocenters. The number of amides is 1. The maximum absolute atomic E-state index is 11.6. The minimum absolute atomic E-state index is 0.0317. The maximum Gasteiger partial charge on any atom is 0.326 e. The minimum atomic E-state index is -1.29. The fourth-order valence-electron chi connectivity index (χ4n) is 1.58. The van der Waals surface area contributed by atoms with Crippen LogP contribution >= 0.6 is 0 Å². The lowest BCUT2D eigenvalue weighted by molar-refractivity contribution is -0.155. The normalized spacial score (nSPS) is 12.3. The SMILES string of the molecule is CC(C)(C)OC(=O)CCCC(=O)N[C@@H](CCC(=O)O)C(=O)O. The third-order valence-corrected chi connectivity index (χ3v) is 2.48. The molecule has 0 saturated heterocycles. The fraction of sp³-hybridized carbons (Fsp3) is 0.714. The molecule has 1 amide bonds. The Morgan fingerprint density at radius 1 is 1.05 bits per heavy atom. The van der Waals surface area contributed by atoms with Gasteiger partial charge in [-0.25, -0.2) is 4.79 Å². The van der Waals surface area contributed by atoms with Crippen LogP contribution in [0.25, 0.3) is 0 Å². The summed E-state index contributed by atoms with van der Waals surface area (Å²) >= 11 is 0. The van der Waals surface area contributed by atoms with Crippen LogP contribution < -0.4 is 5.32 Å². The molecule has 0 aliphatic carbocycles. The van der Waals surface area contributed by atoms with Gasteiger partial charge >= 0.3 is 17.9 Å². The van der Waals surface area contributed by atoms with E-state index >= 15 is 0 Å². The van der Waals surface area contributed by atoms with Crippen molar-refractivity contribution in [2.24, 2.45) is 0 Å². The third-order valence-electron chi connectivity index (χ3n) is 2.48. The van der Waals surface area contributed by atoms with E-state index in [2.05, 4.69) is 5.32 Å². The molecule has 0 fully saturated rings. The van der Waals surface area contributed by atoms with Gasteiger partial charge in [0.2, 0.25) is 5.91 Å². The first-order valence-corrected chi connectivity index (χ1v) is 6.97. The molecule has 8 heteroatoms. The van der Waals surface area contributed by atoms with Crippen LogP contribution in [0.1, 0.15) is 52.9 Å². The number of carbonyl (C=O) groups excluding carboxylic acids is 2. The molecule has 0 aliphatic rings. The van der Waals surface area contributed by atoms with Gasteiger partial charge in [-0.05, 0) is 33.6 Å². The summed E-state index contributed by atoms with van der Waals surface area (Å²) in [5.74, 6) is -3.39. The van der Waals surface area contributed by atoms with E-state index in [1.807, 2.05) is 0 Å². The van der Waals surface area contributed by atoms with Gasteiger partial charge in [-0.3, -0.25) is 14.4 Å². The Morgan fingerprint density at radius 2 is 1.64 bits per heavy atom. The van der Waals surface area contributed by atoms with Gasteiger partial charge in [0.1, 0.15) is 11.6 Å². The lowest BCUT2D eigenvalue weighted by atomic mass is 10.1. The predicted octanol–water partition coefficient (Wildman–Crippen LogP) is 0.933. The molecule has 8 nitrogen and oxygen atoms in total. The van der Waals surface area contributed by atoms with Gasteiger partial charge in [0.25, 0.3) is 0 Å². The summed E-state index contributed by atoms with van der Waals surface area (Å²) in [7, 11) is 0. The van der Waals surface area contributed by atoms with Crippen molar-refractivity contribution in [2.75, 3.05) is 0 Å². The summed E-state index contributed by atoms with van der Waals surface area (Å²) in [6.07, 6.45) is -0.294. The summed E-state index contributed by atoms with van der Waals surface area (Å²) in [5, 5.41) is 19.7. The molecule has 0 heterocycles. The molecule has 0 aliphatic heterocycles. The van der Waals surface area contributed by atoms with Gasteiger partial charge in [-0.2, -0.15) is 0 Å². The molecule has 0 radical (unpaired) electrons. The number of ether oxygens (including phenoxy) is 1. The Morgan fingerprint density at radius 3 is 2.09 bits per heavy atom. The minimum Gasteiger partial charge on any atom is -0.481 e. The van der Waals surface area contributed by atoms with Crippen LogP contribution in [0.3, 0.4) is 0 Å². The van der Waals surface area contributed by atoms with Crippen molar-refractivity contribution in [1.82, 2.24) is 5.32 Å². The zero-order valence-electron chi connectivity index (χ0n) is 13.0. The first-order chi connectivity index (χ1) is 10.0. The smallest absolute Gasteiger partial charge is 0.326 e. The second-order valence-electron chi connectivity index (χ2n) is 5.83. The van der Waals surface area contributed by atoms with E-state index in [9.17, 15) is 19.2 Å². The highest BCUT2D eigenvalue weighted by Crippen LogP contribution is 2.10. The highest BCUT2D eigenvalue weighted by atomic mass is 16.6. The average Bonchev–Trinajstić information content (AvgIpc) is 2.31. The number of nitrogens with one attached hydrogen (secondary N) is 1. The molecule has 0 rings (SSSR count). The van der Waals surface area contributed by atoms with E-state index in [1.165, 1.54) is 0 Å². The summed E-state index contributed by atoms with van der Waals surface area (Å²) in [5.41, 5.74) is -0.593. The lowest BCUT2D eigenvalue weighted by Crippen LogP contribution is -2.41. The Kier molecular flexibility index (Phi) is 8.14. The molecule has 3 N–H and O–H groups in total. The molecule has 126 valence electrons. The number of aliphatic carboxylic acids is 2. The summed E-state index contributed by atoms with van der Waals surface area (Å²) in [6, 6.07) is -1.25. The second kappa shape index (κ2) is 9.01. The van der Waals surface area contributed by atoms with Crippen molar-refractivity contribution in [3.05, 3.63) is 0 Å². The summed E-state index contributed by atoms with van der Waals surface area (Å²) in [6.45, 7) is 5.20. The van der Waals surface area contributed by atoms with Crippen molar-refractivity contribution in [3.63, 3.8) is 0 Å². The largest absolute Gasteiger partial charge is 0.481 e. The van der Waals surface area contributed by atoms with Crippen molar-refractivity contribution < 1.29 is 34.1 Å². The molecule has 0 saturated carbocycles. The second-order valence-corrected chi connectivity index (χ2v) is 5.83. The van der Waals surface area contributed by atoms with Crippen molar-refractivity contribution in [3.8, 4) is 0 Å². The maximum atomic E-state index is 11.6. The number of hydrogen-bond acceptors (Lipinski definition) is 5. The highest BCUT2D eigenvalue weighted by molar-refractivity contribution is 5.84. The fourth-order valence-corrected chi connectivity index (χ4v) is 1.58. The van der Waals surface area contributed by atoms with Gasteiger partial charge in [0.15, 0.2) is 0 Å². The number of carbonyl (C=O) groups is 4. The van der Waals surface area contributed by atoms with Crippen molar-refractivity contribution >= 4 is 23.8 Å². The monoisotopic (exact) mass is 317 g/mol. The number of carboxylic acid groups (broad SMARTS) is 2. The Labute approximate surface area is 128 Å². The molecule has 0 aromatic rings. The standard InChI is InChI=1S/C14H23NO7/c1-14(2,3)22-12(19)6-4-5-10(16)15-9(13(20)21)7-8-11(17)18/h9H,4-8H2,1-3H3,(H,15,16)(H,17,18)(H,20,21)/t9-/m0/s1. The molecule has 0 aromatic heterocycles. The highest BCUT2D eigenvalue weighted by Gasteiger charge is 2.21. The van der Waals surface area contributed by atoms with E-state index < -0.39 is 35.5 Å². The molecule has 22 heavy (non-hydrogen) atoms. The van der Waals surface area contributed by atoms with Crippen LogP contribution in [0.4, 0.5) is 0 Å². The first kappa shape index (κ1) is 19.9. The first-order valence-electron chi connectivity index (χ1n) is 6.97. The van der Waals surface area contributed by atoms with Gasteiger partial charge < -0.3 is 20.3 Å². The van der Waals surface area contributed by atoms with Crippen LogP contribution in [0.2, 0.25) is 0 Å². The number of esters is 1. The number of hydrogen-bond donors (Lipinski definition) is 3. The van der Waals surface area contributed by atoms with Crippen LogP contribution in [0, 0.1) is 0 Å². The molecule has 0 spiro atoms. The van der Waals surface area contributed by atoms with E-state index in [0.717, 1.165) is 0 Å². The van der Waals surface area contributed by atoms with Crippen LogP contribution in [-0.4, -0.2) is 45.7 Å². The number of carboxylic acids is 2. The van der Waals surface area contributed by atoms with Gasteiger partial charge in [-0.1, -0.05) is 0 Å². The summed E-state index contributed by atoms with van der Waals surface area (Å²) in [4.78, 5) is 44.4. The lowest BCUT2D eigenvalue weighted by Gasteiger charge is -2.19. The predicted molar refractivity (Wildman–Crippen MR) is 76.1 cm³/mol. The Hall–Kier alpha value is -2.12. The van der Waals surface area contributed by atoms with Gasteiger partial charge in [0.05, 0.1) is 0 Å². The molecule has 0 aromatic carbocycles. The average molecular weight is 317 g/mol. The molecular weight excluding hydrogens is 294 g/mol. The van der Waals surface area contributed by atoms with E-state index in [1.54, 1.807) is 20.8 Å². The van der Waals surface area contributed by atoms with Crippen LogP contribution in [0.15, 0.2) is 0 Å². The topological polar surface area (TPSA) is 130 Å². The Balaban J connectivity index is 4.12. The summed E-state index contributed by atoms with van der Waals surface area (Å²) < 4.78 is 5.07. The quantitative estimate of drug-likeness (QED) is 0.539. The molecule has 0 unspecified atom stereocenters. The Bertz CT molecular complexity index is 425. The molecular formula is C14H23NO7. The van der Waals surface area contributed by atoms with Crippen molar-refractivity contribution in [2.45, 2.75) is 64.5 Å². The zero-order valence-corrected chi connectivity index (χ0v) is 13.0. The van der Waals surface area contributed by atoms with Crippen molar-refractivity contribution in [1.29, 1.82) is 0 Å².